The number of anilines is 2. The van der Waals surface area contributed by atoms with E-state index in [1.165, 1.54) is 0 Å². The molecule has 0 unspecified atom stereocenters. The number of carbonyl (C=O) groups excluding carboxylic acids is 1. The quantitative estimate of drug-likeness (QED) is 0.857. The molecule has 1 N–H and O–H groups in total. The summed E-state index contributed by atoms with van der Waals surface area (Å²) >= 11 is 0. The van der Waals surface area contributed by atoms with E-state index in [0.717, 1.165) is 30.4 Å². The van der Waals surface area contributed by atoms with Crippen LogP contribution in [0.3, 0.4) is 0 Å². The number of aryl methyl sites for hydroxylation is 2. The van der Waals surface area contributed by atoms with Gasteiger partial charge in [0.1, 0.15) is 11.6 Å². The van der Waals surface area contributed by atoms with Crippen molar-refractivity contribution in [1.82, 2.24) is 14.9 Å². The number of likely N-dealkylation sites (N-methyl/N-ethyl adjacent to an activating group) is 1. The summed E-state index contributed by atoms with van der Waals surface area (Å²) in [6.07, 6.45) is 0. The van der Waals surface area contributed by atoms with E-state index in [2.05, 4.69) is 25.1 Å². The number of fused-ring (bicyclic) bond motifs is 1. The van der Waals surface area contributed by atoms with Gasteiger partial charge in [-0.1, -0.05) is 0 Å². The zero-order valence-corrected chi connectivity index (χ0v) is 15.7. The van der Waals surface area contributed by atoms with Crippen molar-refractivity contribution in [2.45, 2.75) is 19.9 Å². The average molecular weight is 369 g/mol. The number of hydrogen-bond acceptors (Lipinski definition) is 7. The molecule has 1 aromatic carbocycles. The van der Waals surface area contributed by atoms with Gasteiger partial charge in [-0.2, -0.15) is 0 Å². The van der Waals surface area contributed by atoms with E-state index in [1.54, 1.807) is 12.1 Å². The number of amides is 1. The molecule has 0 bridgehead atoms. The Kier molecular flexibility index (Phi) is 4.57. The molecule has 0 saturated carbocycles. The molecule has 1 saturated heterocycles. The largest absolute Gasteiger partial charge is 0.454 e. The highest BCUT2D eigenvalue weighted by atomic mass is 16.7. The molecule has 27 heavy (non-hydrogen) atoms. The molecule has 2 aromatic rings. The second-order valence-electron chi connectivity index (χ2n) is 7.00. The molecule has 2 aliphatic heterocycles. The molecule has 8 nitrogen and oxygen atoms in total. The van der Waals surface area contributed by atoms with Crippen LogP contribution < -0.4 is 19.7 Å². The van der Waals surface area contributed by atoms with Gasteiger partial charge in [0.15, 0.2) is 11.5 Å². The lowest BCUT2D eigenvalue weighted by Gasteiger charge is -2.44. The van der Waals surface area contributed by atoms with Crippen LogP contribution in [-0.4, -0.2) is 60.3 Å². The molecule has 0 atom stereocenters. The van der Waals surface area contributed by atoms with Gasteiger partial charge in [-0.25, -0.2) is 9.97 Å². The van der Waals surface area contributed by atoms with E-state index >= 15 is 0 Å². The Bertz CT molecular complexity index is 846. The third-order valence-electron chi connectivity index (χ3n) is 4.81. The lowest BCUT2D eigenvalue weighted by molar-refractivity contribution is -0.117. The number of aromatic nitrogens is 2. The molecular weight excluding hydrogens is 346 g/mol. The van der Waals surface area contributed by atoms with Crippen molar-refractivity contribution in [2.75, 3.05) is 43.7 Å². The van der Waals surface area contributed by atoms with Crippen molar-refractivity contribution >= 4 is 17.4 Å². The number of carbonyl (C=O) groups is 1. The Morgan fingerprint density at radius 1 is 1.22 bits per heavy atom. The number of hydrogen-bond donors (Lipinski definition) is 1. The number of rotatable bonds is 5. The monoisotopic (exact) mass is 369 g/mol. The Balaban J connectivity index is 1.28. The minimum Gasteiger partial charge on any atom is -0.454 e. The number of nitrogens with zero attached hydrogens (tertiary/aromatic N) is 4. The maximum Gasteiger partial charge on any atom is 0.238 e. The first kappa shape index (κ1) is 17.5. The Hall–Kier alpha value is -2.87. The molecule has 0 spiro atoms. The molecule has 2 aliphatic rings. The smallest absolute Gasteiger partial charge is 0.238 e. The molecule has 8 heteroatoms. The van der Waals surface area contributed by atoms with Gasteiger partial charge >= 0.3 is 0 Å². The molecule has 0 radical (unpaired) electrons. The van der Waals surface area contributed by atoms with E-state index in [1.807, 2.05) is 33.0 Å². The molecule has 0 aliphatic carbocycles. The van der Waals surface area contributed by atoms with Gasteiger partial charge in [0.2, 0.25) is 12.7 Å². The molecular formula is C19H23N5O3. The number of ether oxygens (including phenoxy) is 2. The van der Waals surface area contributed by atoms with Crippen molar-refractivity contribution in [2.24, 2.45) is 0 Å². The topological polar surface area (TPSA) is 79.8 Å². The summed E-state index contributed by atoms with van der Waals surface area (Å²) in [6, 6.07) is 7.72. The van der Waals surface area contributed by atoms with Gasteiger partial charge in [-0.05, 0) is 33.0 Å². The standard InChI is InChI=1S/C19H23N5O3/c1-12-6-18(21-13(2)20-12)24-8-15(9-24)23(3)10-19(25)22-14-4-5-16-17(7-14)27-11-26-16/h4-7,15H,8-11H2,1-3H3,(H,22,25). The van der Waals surface area contributed by atoms with Crippen LogP contribution in [-0.2, 0) is 4.79 Å². The number of benzene rings is 1. The lowest BCUT2D eigenvalue weighted by Crippen LogP contribution is -2.59. The van der Waals surface area contributed by atoms with E-state index in [-0.39, 0.29) is 12.7 Å². The number of nitrogens with one attached hydrogen (secondary N) is 1. The van der Waals surface area contributed by atoms with Crippen molar-refractivity contribution in [3.8, 4) is 11.5 Å². The first-order valence-corrected chi connectivity index (χ1v) is 8.95. The molecule has 1 amide bonds. The SMILES string of the molecule is Cc1cc(N2CC(N(C)CC(=O)Nc3ccc4c(c3)OCO4)C2)nc(C)n1. The van der Waals surface area contributed by atoms with E-state index in [4.69, 9.17) is 9.47 Å². The minimum atomic E-state index is -0.0523. The summed E-state index contributed by atoms with van der Waals surface area (Å²) in [6.45, 7) is 6.13. The summed E-state index contributed by atoms with van der Waals surface area (Å²) in [5.74, 6) is 3.05. The first-order valence-electron chi connectivity index (χ1n) is 8.95. The van der Waals surface area contributed by atoms with E-state index in [0.29, 0.717) is 29.8 Å². The van der Waals surface area contributed by atoms with Crippen molar-refractivity contribution in [3.05, 3.63) is 35.8 Å². The van der Waals surface area contributed by atoms with Crippen LogP contribution in [0.1, 0.15) is 11.5 Å². The predicted molar refractivity (Wildman–Crippen MR) is 101 cm³/mol. The minimum absolute atomic E-state index is 0.0523. The Labute approximate surface area is 158 Å². The maximum absolute atomic E-state index is 12.3. The maximum atomic E-state index is 12.3. The van der Waals surface area contributed by atoms with Crippen LogP contribution in [0, 0.1) is 13.8 Å². The van der Waals surface area contributed by atoms with Crippen LogP contribution >= 0.6 is 0 Å². The third-order valence-corrected chi connectivity index (χ3v) is 4.81. The van der Waals surface area contributed by atoms with Gasteiger partial charge in [0.05, 0.1) is 6.54 Å². The van der Waals surface area contributed by atoms with E-state index < -0.39 is 0 Å². The van der Waals surface area contributed by atoms with Crippen LogP contribution in [0.25, 0.3) is 0 Å². The van der Waals surface area contributed by atoms with Gasteiger partial charge in [-0.15, -0.1) is 0 Å². The second kappa shape index (κ2) is 7.03. The highest BCUT2D eigenvalue weighted by molar-refractivity contribution is 5.92. The third kappa shape index (κ3) is 3.80. The van der Waals surface area contributed by atoms with Gasteiger partial charge in [-0.3, -0.25) is 9.69 Å². The zero-order valence-electron chi connectivity index (χ0n) is 15.7. The van der Waals surface area contributed by atoms with Crippen molar-refractivity contribution in [3.63, 3.8) is 0 Å². The molecule has 1 aromatic heterocycles. The van der Waals surface area contributed by atoms with Crippen LogP contribution in [0.5, 0.6) is 11.5 Å². The summed E-state index contributed by atoms with van der Waals surface area (Å²) in [7, 11) is 1.97. The van der Waals surface area contributed by atoms with Gasteiger partial charge < -0.3 is 19.7 Å². The Morgan fingerprint density at radius 2 is 2.00 bits per heavy atom. The fourth-order valence-electron chi connectivity index (χ4n) is 3.31. The van der Waals surface area contributed by atoms with Crippen molar-refractivity contribution in [1.29, 1.82) is 0 Å². The first-order chi connectivity index (χ1) is 13.0. The summed E-state index contributed by atoms with van der Waals surface area (Å²) < 4.78 is 10.6. The summed E-state index contributed by atoms with van der Waals surface area (Å²) in [5, 5.41) is 2.91. The summed E-state index contributed by atoms with van der Waals surface area (Å²) in [5.41, 5.74) is 1.68. The normalized spacial score (nSPS) is 15.8. The summed E-state index contributed by atoms with van der Waals surface area (Å²) in [4.78, 5) is 25.4. The predicted octanol–water partition coefficient (Wildman–Crippen LogP) is 1.58. The molecule has 3 heterocycles. The highest BCUT2D eigenvalue weighted by Crippen LogP contribution is 2.34. The zero-order chi connectivity index (χ0) is 19.0. The fraction of sp³-hybridized carbons (Fsp3) is 0.421. The van der Waals surface area contributed by atoms with Crippen LogP contribution in [0.2, 0.25) is 0 Å². The van der Waals surface area contributed by atoms with Gasteiger partial charge in [0.25, 0.3) is 0 Å². The van der Waals surface area contributed by atoms with Crippen LogP contribution in [0.4, 0.5) is 11.5 Å². The molecule has 4 rings (SSSR count). The lowest BCUT2D eigenvalue weighted by atomic mass is 10.1. The van der Waals surface area contributed by atoms with Crippen LogP contribution in [0.15, 0.2) is 24.3 Å². The second-order valence-corrected chi connectivity index (χ2v) is 7.00. The van der Waals surface area contributed by atoms with Crippen molar-refractivity contribution < 1.29 is 14.3 Å². The average Bonchev–Trinajstić information content (AvgIpc) is 3.00. The van der Waals surface area contributed by atoms with E-state index in [9.17, 15) is 4.79 Å². The molecule has 1 fully saturated rings. The molecule has 142 valence electrons. The Morgan fingerprint density at radius 3 is 2.78 bits per heavy atom. The van der Waals surface area contributed by atoms with Gasteiger partial charge in [0, 0.05) is 42.6 Å². The highest BCUT2D eigenvalue weighted by Gasteiger charge is 2.32. The fourth-order valence-corrected chi connectivity index (χ4v) is 3.31.